The number of allylic oxidation sites excluding steroid dienone is 1. The lowest BCUT2D eigenvalue weighted by atomic mass is 9.80. The van der Waals surface area contributed by atoms with Crippen molar-refractivity contribution in [3.63, 3.8) is 0 Å². The number of carbonyl (C=O) groups is 4. The molecule has 5 aromatic rings. The molecule has 3 aliphatic rings. The van der Waals surface area contributed by atoms with Crippen molar-refractivity contribution in [1.29, 1.82) is 0 Å². The number of rotatable bonds is 11. The number of benzene rings is 3. The molecule has 14 nitrogen and oxygen atoms in total. The molecule has 286 valence electrons. The molecule has 5 N–H and O–H groups in total. The van der Waals surface area contributed by atoms with Crippen molar-refractivity contribution in [2.24, 2.45) is 5.16 Å². The van der Waals surface area contributed by atoms with Gasteiger partial charge < -0.3 is 26.3 Å². The number of nitrogens with zero attached hydrogens (tertiary/aromatic N) is 5. The van der Waals surface area contributed by atoms with E-state index in [0.717, 1.165) is 32.9 Å². The van der Waals surface area contributed by atoms with Gasteiger partial charge >= 0.3 is 5.97 Å². The quantitative estimate of drug-likeness (QED) is 0.0478. The van der Waals surface area contributed by atoms with Crippen LogP contribution in [0.3, 0.4) is 0 Å². The minimum atomic E-state index is -1.39. The van der Waals surface area contributed by atoms with Gasteiger partial charge in [-0.15, -0.1) is 33.3 Å². The number of amides is 3. The van der Waals surface area contributed by atoms with Crippen molar-refractivity contribution in [1.82, 2.24) is 30.7 Å². The van der Waals surface area contributed by atoms with Gasteiger partial charge in [-0.2, -0.15) is 0 Å². The SMILES string of the molecule is Nc1nc(/C(=N/OC(c2ccccc2)(c2ccccc2)c2ccccc2)C(=O)N[C@@H]2C(=O)N3C(C(=O)O)=C(/C(=C4/CCNC4=O)c4ccc(Cl)nn4)CS[C@H]23)cs1. The van der Waals surface area contributed by atoms with E-state index in [1.165, 1.54) is 17.8 Å². The van der Waals surface area contributed by atoms with Crippen molar-refractivity contribution < 1.29 is 29.1 Å². The molecule has 0 saturated carbocycles. The number of fused-ring (bicyclic) bond motifs is 1. The summed E-state index contributed by atoms with van der Waals surface area (Å²) in [4.78, 5) is 66.2. The predicted octanol–water partition coefficient (Wildman–Crippen LogP) is 4.59. The third-order valence-electron chi connectivity index (χ3n) is 9.68. The minimum Gasteiger partial charge on any atom is -0.477 e. The first-order chi connectivity index (χ1) is 27.7. The molecular formula is C40H31ClN8O6S2. The Morgan fingerprint density at radius 3 is 2.07 bits per heavy atom. The van der Waals surface area contributed by atoms with E-state index in [1.54, 1.807) is 11.4 Å². The van der Waals surface area contributed by atoms with Crippen molar-refractivity contribution in [3.8, 4) is 0 Å². The number of thiazole rings is 1. The number of thioether (sulfide) groups is 1. The molecule has 3 aliphatic heterocycles. The lowest BCUT2D eigenvalue weighted by Gasteiger charge is -2.49. The van der Waals surface area contributed by atoms with Crippen molar-refractivity contribution in [2.75, 3.05) is 18.0 Å². The summed E-state index contributed by atoms with van der Waals surface area (Å²) in [6, 6.07) is 30.2. The Labute approximate surface area is 338 Å². The van der Waals surface area contributed by atoms with E-state index in [9.17, 15) is 24.3 Å². The fourth-order valence-electron chi connectivity index (χ4n) is 7.11. The number of oxime groups is 1. The van der Waals surface area contributed by atoms with Gasteiger partial charge in [0, 0.05) is 51.1 Å². The van der Waals surface area contributed by atoms with Crippen LogP contribution in [0.15, 0.2) is 131 Å². The molecular weight excluding hydrogens is 788 g/mol. The number of carbonyl (C=O) groups excluding carboxylic acids is 3. The molecule has 2 atom stereocenters. The number of carboxylic acids is 1. The molecule has 8 rings (SSSR count). The largest absolute Gasteiger partial charge is 0.477 e. The van der Waals surface area contributed by atoms with E-state index in [4.69, 9.17) is 22.2 Å². The number of aliphatic carboxylic acids is 1. The van der Waals surface area contributed by atoms with Crippen LogP contribution in [0, 0.1) is 0 Å². The first-order valence-electron chi connectivity index (χ1n) is 17.5. The van der Waals surface area contributed by atoms with E-state index in [1.807, 2.05) is 91.0 Å². The number of aromatic nitrogens is 3. The Balaban J connectivity index is 1.16. The summed E-state index contributed by atoms with van der Waals surface area (Å²) in [6.07, 6.45) is 0.307. The van der Waals surface area contributed by atoms with Gasteiger partial charge in [-0.25, -0.2) is 9.78 Å². The van der Waals surface area contributed by atoms with Crippen LogP contribution < -0.4 is 16.4 Å². The zero-order chi connectivity index (χ0) is 39.7. The van der Waals surface area contributed by atoms with Crippen molar-refractivity contribution in [3.05, 3.63) is 159 Å². The van der Waals surface area contributed by atoms with Crippen LogP contribution in [0.1, 0.15) is 34.5 Å². The monoisotopic (exact) mass is 818 g/mol. The van der Waals surface area contributed by atoms with Gasteiger partial charge in [0.15, 0.2) is 16.0 Å². The highest BCUT2D eigenvalue weighted by Gasteiger charge is 2.55. The van der Waals surface area contributed by atoms with Gasteiger partial charge in [0.25, 0.3) is 11.8 Å². The number of halogens is 1. The second kappa shape index (κ2) is 15.6. The summed E-state index contributed by atoms with van der Waals surface area (Å²) in [5.74, 6) is -3.17. The molecule has 57 heavy (non-hydrogen) atoms. The fraction of sp³-hybridized carbons (Fsp3) is 0.150. The minimum absolute atomic E-state index is 0.0687. The normalized spacial score (nSPS) is 19.0. The lowest BCUT2D eigenvalue weighted by molar-refractivity contribution is -0.150. The van der Waals surface area contributed by atoms with Gasteiger partial charge in [0.1, 0.15) is 22.8 Å². The molecule has 5 heterocycles. The summed E-state index contributed by atoms with van der Waals surface area (Å²) in [6.45, 7) is 0.349. The van der Waals surface area contributed by atoms with Crippen LogP contribution >= 0.6 is 34.7 Å². The van der Waals surface area contributed by atoms with Crippen LogP contribution in [0.2, 0.25) is 5.15 Å². The zero-order valence-corrected chi connectivity index (χ0v) is 32.1. The lowest BCUT2D eigenvalue weighted by Crippen LogP contribution is -2.71. The van der Waals surface area contributed by atoms with Gasteiger partial charge in [-0.05, 0) is 18.6 Å². The molecule has 2 saturated heterocycles. The molecule has 0 unspecified atom stereocenters. The molecule has 0 spiro atoms. The number of nitrogens with two attached hydrogens (primary N) is 1. The van der Waals surface area contributed by atoms with Gasteiger partial charge in [0.2, 0.25) is 11.5 Å². The number of nitrogen functional groups attached to an aromatic ring is 1. The second-order valence-corrected chi connectivity index (χ2v) is 15.4. The summed E-state index contributed by atoms with van der Waals surface area (Å²) in [5.41, 5.74) is 7.43. The smallest absolute Gasteiger partial charge is 0.352 e. The van der Waals surface area contributed by atoms with Crippen LogP contribution in [-0.4, -0.2) is 78.3 Å². The highest BCUT2D eigenvalue weighted by atomic mass is 35.5. The number of anilines is 1. The molecule has 3 aromatic carbocycles. The summed E-state index contributed by atoms with van der Waals surface area (Å²) in [7, 11) is 0. The van der Waals surface area contributed by atoms with E-state index < -0.39 is 34.8 Å². The number of carboxylic acid groups (broad SMARTS) is 1. The second-order valence-electron chi connectivity index (χ2n) is 13.0. The maximum Gasteiger partial charge on any atom is 0.352 e. The van der Waals surface area contributed by atoms with E-state index in [-0.39, 0.29) is 55.9 Å². The molecule has 0 radical (unpaired) electrons. The average molecular weight is 819 g/mol. The van der Waals surface area contributed by atoms with E-state index in [2.05, 4.69) is 31.0 Å². The molecule has 2 fully saturated rings. The van der Waals surface area contributed by atoms with E-state index in [0.29, 0.717) is 18.5 Å². The fourth-order valence-corrected chi connectivity index (χ4v) is 9.11. The van der Waals surface area contributed by atoms with Crippen molar-refractivity contribution >= 4 is 74.8 Å². The number of hydrogen-bond acceptors (Lipinski definition) is 12. The molecule has 17 heteroatoms. The predicted molar refractivity (Wildman–Crippen MR) is 215 cm³/mol. The Morgan fingerprint density at radius 1 is 0.930 bits per heavy atom. The Morgan fingerprint density at radius 2 is 1.56 bits per heavy atom. The first kappa shape index (κ1) is 37.6. The zero-order valence-electron chi connectivity index (χ0n) is 29.7. The average Bonchev–Trinajstić information content (AvgIpc) is 3.87. The molecule has 2 aromatic heterocycles. The van der Waals surface area contributed by atoms with Crippen LogP contribution in [-0.2, 0) is 29.6 Å². The third kappa shape index (κ3) is 6.92. The Kier molecular flexibility index (Phi) is 10.3. The molecule has 3 amide bonds. The standard InChI is InChI=1S/C40H31ClN8O6S2/c41-29-17-16-27(46-47-29)30(25-18-19-43-34(25)50)26-20-56-37-32(36(52)49(37)33(26)38(53)54)45-35(51)31(28-21-57-39(42)44-28)48-55-40(22-10-4-1-5-11-22,23-12-6-2-7-13-23)24-14-8-3-9-15-24/h1-17,21,32,37H,18-20H2,(H2,42,44)(H,43,50)(H,45,51)(H,53,54)/b30-25+,48-31-/t32-,37-/m1/s1. The summed E-state index contributed by atoms with van der Waals surface area (Å²) in [5, 5.41) is 29.7. The molecule has 0 bridgehead atoms. The highest BCUT2D eigenvalue weighted by molar-refractivity contribution is 8.00. The van der Waals surface area contributed by atoms with Crippen LogP contribution in [0.25, 0.3) is 5.57 Å². The topological polar surface area (TPSA) is 202 Å². The van der Waals surface area contributed by atoms with Crippen LogP contribution in [0.4, 0.5) is 5.13 Å². The Bertz CT molecular complexity index is 2380. The highest BCUT2D eigenvalue weighted by Crippen LogP contribution is 2.46. The molecule has 0 aliphatic carbocycles. The number of β-lactam (4-membered cyclic amide) rings is 1. The van der Waals surface area contributed by atoms with Crippen molar-refractivity contribution in [2.45, 2.75) is 23.4 Å². The maximum absolute atomic E-state index is 14.3. The number of nitrogens with one attached hydrogen (secondary N) is 2. The maximum atomic E-state index is 14.3. The van der Waals surface area contributed by atoms with Gasteiger partial charge in [-0.1, -0.05) is 108 Å². The number of hydrogen-bond donors (Lipinski definition) is 4. The summed E-state index contributed by atoms with van der Waals surface area (Å²) < 4.78 is 0. The van der Waals surface area contributed by atoms with E-state index >= 15 is 0 Å². The third-order valence-corrected chi connectivity index (χ3v) is 11.8. The van der Waals surface area contributed by atoms with Gasteiger partial charge in [-0.3, -0.25) is 19.3 Å². The summed E-state index contributed by atoms with van der Waals surface area (Å²) >= 11 is 8.32. The first-order valence-corrected chi connectivity index (χ1v) is 19.9. The van der Waals surface area contributed by atoms with Crippen LogP contribution in [0.5, 0.6) is 0 Å². The van der Waals surface area contributed by atoms with Gasteiger partial charge in [0.05, 0.1) is 5.69 Å². The Hall–Kier alpha value is -6.36.